The van der Waals surface area contributed by atoms with E-state index in [0.717, 1.165) is 22.4 Å². The Balaban J connectivity index is 1.61. The molecule has 0 aliphatic carbocycles. The molecule has 0 aliphatic rings. The molecule has 4 aromatic carbocycles. The molecule has 0 aliphatic heterocycles. The normalized spacial score (nSPS) is 11.5. The van der Waals surface area contributed by atoms with E-state index in [1.54, 1.807) is 55.8 Å². The third-order valence-electron chi connectivity index (χ3n) is 7.21. The molecule has 44 heavy (non-hydrogen) atoms. The van der Waals surface area contributed by atoms with Gasteiger partial charge < -0.3 is 14.2 Å². The van der Waals surface area contributed by atoms with Crippen LogP contribution in [0.5, 0.6) is 17.2 Å². The number of hydrogen-bond acceptors (Lipinski definition) is 6. The quantitative estimate of drug-likeness (QED) is 0.141. The maximum Gasteiger partial charge on any atom is 0.282 e. The number of para-hydroxylation sites is 1. The highest BCUT2D eigenvalue weighted by Crippen LogP contribution is 2.35. The monoisotopic (exact) mass is 657 g/mol. The second-order valence-corrected chi connectivity index (χ2v) is 11.4. The zero-order valence-electron chi connectivity index (χ0n) is 25.2. The highest BCUT2D eigenvalue weighted by molar-refractivity contribution is 9.10. The first-order chi connectivity index (χ1) is 21.2. The van der Waals surface area contributed by atoms with Crippen LogP contribution in [0.1, 0.15) is 48.9 Å². The molecule has 0 fully saturated rings. The zero-order chi connectivity index (χ0) is 31.4. The number of nitrogens with zero attached hydrogens (tertiary/aromatic N) is 3. The van der Waals surface area contributed by atoms with Crippen molar-refractivity contribution in [3.05, 3.63) is 116 Å². The van der Waals surface area contributed by atoms with E-state index < -0.39 is 0 Å². The molecule has 0 radical (unpaired) electrons. The average Bonchev–Trinajstić information content (AvgIpc) is 3.01. The van der Waals surface area contributed by atoms with Crippen molar-refractivity contribution >= 4 is 33.0 Å². The van der Waals surface area contributed by atoms with E-state index >= 15 is 0 Å². The highest BCUT2D eigenvalue weighted by atomic mass is 79.9. The molecule has 0 atom stereocenters. The van der Waals surface area contributed by atoms with Gasteiger partial charge in [0.05, 0.1) is 30.8 Å². The molecule has 0 amide bonds. The lowest BCUT2D eigenvalue weighted by Gasteiger charge is -2.17. The van der Waals surface area contributed by atoms with Crippen LogP contribution in [-0.4, -0.2) is 29.6 Å². The lowest BCUT2D eigenvalue weighted by molar-refractivity contribution is 0.265. The zero-order valence-corrected chi connectivity index (χ0v) is 26.8. The Morgan fingerprint density at radius 1 is 1.00 bits per heavy atom. The van der Waals surface area contributed by atoms with Crippen LogP contribution < -0.4 is 19.8 Å². The van der Waals surface area contributed by atoms with Crippen molar-refractivity contribution in [1.82, 2.24) is 9.66 Å². The summed E-state index contributed by atoms with van der Waals surface area (Å²) in [6.07, 6.45) is 1.58. The number of rotatable bonds is 10. The first kappa shape index (κ1) is 30.9. The SMILES string of the molecule is CCOc1cc(C=Nn2c(-c3cc(C(C)C)c(OC)cc3C)nc3ccccc3c2=O)c(Br)cc1OCc1ccccc1F. The lowest BCUT2D eigenvalue weighted by atomic mass is 9.96. The minimum absolute atomic E-state index is 0.0354. The molecule has 1 aromatic heterocycles. The molecule has 0 spiro atoms. The number of ether oxygens (including phenoxy) is 3. The molecule has 0 saturated heterocycles. The first-order valence-corrected chi connectivity index (χ1v) is 15.1. The van der Waals surface area contributed by atoms with Crippen molar-refractivity contribution in [3.63, 3.8) is 0 Å². The molecule has 0 bridgehead atoms. The van der Waals surface area contributed by atoms with Crippen LogP contribution in [0.15, 0.2) is 87.2 Å². The predicted molar refractivity (Wildman–Crippen MR) is 176 cm³/mol. The molecule has 9 heteroatoms. The molecule has 226 valence electrons. The van der Waals surface area contributed by atoms with Gasteiger partial charge in [0, 0.05) is 21.2 Å². The maximum atomic E-state index is 14.2. The Labute approximate surface area is 264 Å². The molecule has 0 unspecified atom stereocenters. The van der Waals surface area contributed by atoms with Gasteiger partial charge in [-0.05, 0) is 89.3 Å². The number of hydrogen-bond donors (Lipinski definition) is 0. The Hall–Kier alpha value is -4.50. The van der Waals surface area contributed by atoms with Gasteiger partial charge in [0.25, 0.3) is 5.56 Å². The van der Waals surface area contributed by atoms with Crippen LogP contribution in [0.2, 0.25) is 0 Å². The van der Waals surface area contributed by atoms with E-state index in [-0.39, 0.29) is 23.9 Å². The largest absolute Gasteiger partial charge is 0.496 e. The number of halogens is 2. The number of aryl methyl sites for hydroxylation is 1. The molecule has 7 nitrogen and oxygen atoms in total. The third kappa shape index (κ3) is 6.38. The van der Waals surface area contributed by atoms with Crippen LogP contribution in [0, 0.1) is 12.7 Å². The topological polar surface area (TPSA) is 74.9 Å². The number of benzene rings is 4. The summed E-state index contributed by atoms with van der Waals surface area (Å²) in [5.74, 6) is 1.94. The fraction of sp³-hybridized carbons (Fsp3) is 0.229. The Bertz CT molecular complexity index is 1920. The van der Waals surface area contributed by atoms with Gasteiger partial charge in [0.15, 0.2) is 17.3 Å². The Morgan fingerprint density at radius 3 is 2.45 bits per heavy atom. The summed E-state index contributed by atoms with van der Waals surface area (Å²) in [6.45, 7) is 8.43. The second-order valence-electron chi connectivity index (χ2n) is 10.5. The van der Waals surface area contributed by atoms with Crippen molar-refractivity contribution in [2.75, 3.05) is 13.7 Å². The Kier molecular flexibility index (Phi) is 9.44. The van der Waals surface area contributed by atoms with Gasteiger partial charge in [-0.25, -0.2) is 9.37 Å². The van der Waals surface area contributed by atoms with Gasteiger partial charge in [0.2, 0.25) is 0 Å². The summed E-state index contributed by atoms with van der Waals surface area (Å²) in [6, 6.07) is 21.2. The Morgan fingerprint density at radius 2 is 1.73 bits per heavy atom. The van der Waals surface area contributed by atoms with Gasteiger partial charge >= 0.3 is 0 Å². The third-order valence-corrected chi connectivity index (χ3v) is 7.90. The molecule has 5 rings (SSSR count). The second kappa shape index (κ2) is 13.4. The molecule has 5 aromatic rings. The molecule has 0 N–H and O–H groups in total. The summed E-state index contributed by atoms with van der Waals surface area (Å²) in [4.78, 5) is 18.8. The van der Waals surface area contributed by atoms with Crippen molar-refractivity contribution in [1.29, 1.82) is 0 Å². The molecule has 1 heterocycles. The fourth-order valence-corrected chi connectivity index (χ4v) is 5.32. The molecule has 0 saturated carbocycles. The van der Waals surface area contributed by atoms with Gasteiger partial charge in [-0.1, -0.05) is 44.2 Å². The smallest absolute Gasteiger partial charge is 0.282 e. The van der Waals surface area contributed by atoms with E-state index in [1.165, 1.54) is 10.7 Å². The van der Waals surface area contributed by atoms with E-state index in [4.69, 9.17) is 19.2 Å². The molecular formula is C35H33BrFN3O4. The first-order valence-electron chi connectivity index (χ1n) is 14.3. The minimum atomic E-state index is -0.342. The van der Waals surface area contributed by atoms with Gasteiger partial charge in [-0.15, -0.1) is 0 Å². The fourth-order valence-electron chi connectivity index (χ4n) is 4.89. The van der Waals surface area contributed by atoms with Crippen molar-refractivity contribution in [2.45, 2.75) is 40.2 Å². The summed E-state index contributed by atoms with van der Waals surface area (Å²) in [7, 11) is 1.65. The minimum Gasteiger partial charge on any atom is -0.496 e. The van der Waals surface area contributed by atoms with Crippen LogP contribution in [0.3, 0.4) is 0 Å². The van der Waals surface area contributed by atoms with Crippen LogP contribution in [0.25, 0.3) is 22.3 Å². The predicted octanol–water partition coefficient (Wildman–Crippen LogP) is 8.27. The van der Waals surface area contributed by atoms with Gasteiger partial charge in [0.1, 0.15) is 18.2 Å². The maximum absolute atomic E-state index is 14.2. The lowest BCUT2D eigenvalue weighted by Crippen LogP contribution is -2.21. The van der Waals surface area contributed by atoms with Gasteiger partial charge in [-0.3, -0.25) is 4.79 Å². The number of aromatic nitrogens is 2. The van der Waals surface area contributed by atoms with E-state index in [1.807, 2.05) is 38.1 Å². The number of methoxy groups -OCH3 is 1. The van der Waals surface area contributed by atoms with Crippen molar-refractivity contribution in [2.24, 2.45) is 5.10 Å². The molecular weight excluding hydrogens is 625 g/mol. The van der Waals surface area contributed by atoms with Crippen LogP contribution in [-0.2, 0) is 6.61 Å². The van der Waals surface area contributed by atoms with Crippen molar-refractivity contribution < 1.29 is 18.6 Å². The summed E-state index contributed by atoms with van der Waals surface area (Å²) >= 11 is 3.60. The van der Waals surface area contributed by atoms with Crippen LogP contribution in [0.4, 0.5) is 4.39 Å². The van der Waals surface area contributed by atoms with E-state index in [9.17, 15) is 9.18 Å². The van der Waals surface area contributed by atoms with Crippen molar-refractivity contribution in [3.8, 4) is 28.6 Å². The standard InChI is InChI=1S/C35H33BrFN3O4/c1-6-43-32-16-24(28(36)18-33(32)44-20-23-11-7-9-13-29(23)37)19-38-40-34(39-30-14-10-8-12-25(30)35(40)41)27-17-26(21(2)3)31(42-5)15-22(27)4/h7-19,21H,6,20H2,1-5H3. The summed E-state index contributed by atoms with van der Waals surface area (Å²) < 4.78 is 33.6. The highest BCUT2D eigenvalue weighted by Gasteiger charge is 2.19. The van der Waals surface area contributed by atoms with E-state index in [0.29, 0.717) is 50.4 Å². The van der Waals surface area contributed by atoms with Crippen LogP contribution >= 0.6 is 15.9 Å². The average molecular weight is 659 g/mol. The van der Waals surface area contributed by atoms with Gasteiger partial charge in [-0.2, -0.15) is 9.78 Å². The summed E-state index contributed by atoms with van der Waals surface area (Å²) in [5.41, 5.74) is 4.04. The number of fused-ring (bicyclic) bond motifs is 1. The summed E-state index contributed by atoms with van der Waals surface area (Å²) in [5, 5.41) is 5.12. The van der Waals surface area contributed by atoms with E-state index in [2.05, 4.69) is 34.9 Å².